The summed E-state index contributed by atoms with van der Waals surface area (Å²) in [6, 6.07) is 6.09. The van der Waals surface area contributed by atoms with Gasteiger partial charge in [-0.3, -0.25) is 4.79 Å². The van der Waals surface area contributed by atoms with E-state index in [2.05, 4.69) is 29.7 Å². The van der Waals surface area contributed by atoms with Gasteiger partial charge in [-0.05, 0) is 38.7 Å². The Labute approximate surface area is 214 Å². The van der Waals surface area contributed by atoms with Crippen LogP contribution in [-0.2, 0) is 22.4 Å². The van der Waals surface area contributed by atoms with Crippen molar-refractivity contribution >= 4 is 11.6 Å². The summed E-state index contributed by atoms with van der Waals surface area (Å²) >= 11 is 0. The molecule has 36 heavy (non-hydrogen) atoms. The zero-order valence-corrected chi connectivity index (χ0v) is 22.1. The highest BCUT2D eigenvalue weighted by molar-refractivity contribution is 5.98. The lowest BCUT2D eigenvalue weighted by Crippen LogP contribution is -2.45. The Kier molecular flexibility index (Phi) is 9.82. The lowest BCUT2D eigenvalue weighted by molar-refractivity contribution is -0.135. The van der Waals surface area contributed by atoms with Crippen molar-refractivity contribution in [2.45, 2.75) is 78.4 Å². The minimum atomic E-state index is -0.643. The number of benzene rings is 1. The highest BCUT2D eigenvalue weighted by Gasteiger charge is 2.39. The Morgan fingerprint density at radius 3 is 2.69 bits per heavy atom. The number of ether oxygens (including phenoxy) is 1. The Hall–Kier alpha value is -2.55. The molecule has 0 spiro atoms. The van der Waals surface area contributed by atoms with Crippen LogP contribution in [0.15, 0.2) is 35.4 Å². The maximum Gasteiger partial charge on any atom is 0.256 e. The highest BCUT2D eigenvalue weighted by atomic mass is 16.5. The van der Waals surface area contributed by atoms with Gasteiger partial charge in [0.15, 0.2) is 5.82 Å². The van der Waals surface area contributed by atoms with Gasteiger partial charge in [0.2, 0.25) is 5.89 Å². The van der Waals surface area contributed by atoms with E-state index in [4.69, 9.17) is 14.4 Å². The number of hydrogen-bond donors (Lipinski definition) is 2. The molecule has 1 amide bonds. The number of aliphatic hydroxyl groups excluding tert-OH is 2. The third-order valence-corrected chi connectivity index (χ3v) is 6.67. The molecular weight excluding hydrogens is 458 g/mol. The zero-order valence-electron chi connectivity index (χ0n) is 22.1. The molecule has 1 aliphatic rings. The Morgan fingerprint density at radius 2 is 2.00 bits per heavy atom. The monoisotopic (exact) mass is 499 g/mol. The molecule has 0 saturated heterocycles. The number of fused-ring (bicyclic) bond motifs is 1. The van der Waals surface area contributed by atoms with E-state index in [1.807, 2.05) is 39.0 Å². The highest BCUT2D eigenvalue weighted by Crippen LogP contribution is 2.40. The molecule has 2 heterocycles. The minimum absolute atomic E-state index is 0.00494. The Bertz CT molecular complexity index is 1020. The van der Waals surface area contributed by atoms with Gasteiger partial charge in [-0.2, -0.15) is 4.98 Å². The van der Waals surface area contributed by atoms with Crippen molar-refractivity contribution in [1.29, 1.82) is 0 Å². The first kappa shape index (κ1) is 28.0. The second-order valence-corrected chi connectivity index (χ2v) is 10.6. The van der Waals surface area contributed by atoms with Crippen molar-refractivity contribution < 1.29 is 24.3 Å². The predicted octanol–water partition coefficient (Wildman–Crippen LogP) is 4.33. The van der Waals surface area contributed by atoms with E-state index >= 15 is 0 Å². The van der Waals surface area contributed by atoms with Crippen LogP contribution in [-0.4, -0.2) is 52.1 Å². The van der Waals surface area contributed by atoms with Crippen LogP contribution in [0.5, 0.6) is 0 Å². The number of aryl methyl sites for hydroxylation is 3. The van der Waals surface area contributed by atoms with E-state index < -0.39 is 11.5 Å². The standard InChI is InChI=1S/C28H41N3O5/c1-6-20(3)26-21-16-19(2)13-14-22(21)31(17-28(4,5)18-33)27(34)23(35-26)10-9-11-24-29-25(36-30-24)12-7-8-15-32/h6,13-14,16,20,23,26,32-33H,1,7-12,15,17-18H2,2-5H3/t20?,23-,26?/m1/s1. The van der Waals surface area contributed by atoms with E-state index in [0.717, 1.165) is 23.2 Å². The summed E-state index contributed by atoms with van der Waals surface area (Å²) in [4.78, 5) is 20.1. The van der Waals surface area contributed by atoms with Gasteiger partial charge in [0.25, 0.3) is 5.91 Å². The summed E-state index contributed by atoms with van der Waals surface area (Å²) in [5.74, 6) is 1.09. The van der Waals surface area contributed by atoms with Crippen LogP contribution in [0.4, 0.5) is 5.69 Å². The Morgan fingerprint density at radius 1 is 1.22 bits per heavy atom. The van der Waals surface area contributed by atoms with Crippen molar-refractivity contribution in [3.63, 3.8) is 0 Å². The second kappa shape index (κ2) is 12.6. The van der Waals surface area contributed by atoms with Crippen LogP contribution in [0.3, 0.4) is 0 Å². The number of hydrogen-bond acceptors (Lipinski definition) is 7. The number of carbonyl (C=O) groups excluding carboxylic acids is 1. The third-order valence-electron chi connectivity index (χ3n) is 6.67. The quantitative estimate of drug-likeness (QED) is 0.312. The fraction of sp³-hybridized carbons (Fsp3) is 0.607. The first-order chi connectivity index (χ1) is 17.2. The van der Waals surface area contributed by atoms with Crippen LogP contribution < -0.4 is 4.90 Å². The molecule has 0 fully saturated rings. The molecule has 3 rings (SSSR count). The maximum atomic E-state index is 13.9. The van der Waals surface area contributed by atoms with Gasteiger partial charge in [-0.15, -0.1) is 6.58 Å². The third kappa shape index (κ3) is 7.02. The lowest BCUT2D eigenvalue weighted by atomic mass is 9.91. The van der Waals surface area contributed by atoms with Crippen LogP contribution in [0, 0.1) is 18.3 Å². The molecule has 0 radical (unpaired) electrons. The lowest BCUT2D eigenvalue weighted by Gasteiger charge is -2.32. The number of rotatable bonds is 13. The van der Waals surface area contributed by atoms with Crippen molar-refractivity contribution in [3.8, 4) is 0 Å². The second-order valence-electron chi connectivity index (χ2n) is 10.6. The van der Waals surface area contributed by atoms with Gasteiger partial charge in [0.1, 0.15) is 6.10 Å². The summed E-state index contributed by atoms with van der Waals surface area (Å²) in [7, 11) is 0. The molecule has 8 nitrogen and oxygen atoms in total. The summed E-state index contributed by atoms with van der Waals surface area (Å²) in [5.41, 5.74) is 2.43. The van der Waals surface area contributed by atoms with Gasteiger partial charge in [0, 0.05) is 55.2 Å². The first-order valence-electron chi connectivity index (χ1n) is 12.9. The van der Waals surface area contributed by atoms with E-state index in [1.165, 1.54) is 0 Å². The van der Waals surface area contributed by atoms with Gasteiger partial charge >= 0.3 is 0 Å². The summed E-state index contributed by atoms with van der Waals surface area (Å²) in [6.45, 7) is 12.5. The van der Waals surface area contributed by atoms with E-state index in [-0.39, 0.29) is 31.1 Å². The number of anilines is 1. The number of aromatic nitrogens is 2. The molecule has 0 saturated carbocycles. The fourth-order valence-electron chi connectivity index (χ4n) is 4.44. The molecule has 2 aromatic rings. The molecule has 2 N–H and O–H groups in total. The van der Waals surface area contributed by atoms with Gasteiger partial charge in [0.05, 0.1) is 6.10 Å². The summed E-state index contributed by atoms with van der Waals surface area (Å²) < 4.78 is 11.8. The molecule has 0 aliphatic carbocycles. The average molecular weight is 500 g/mol. The largest absolute Gasteiger partial charge is 0.396 e. The molecule has 0 bridgehead atoms. The smallest absolute Gasteiger partial charge is 0.256 e. The van der Waals surface area contributed by atoms with Gasteiger partial charge in [-0.1, -0.05) is 49.7 Å². The van der Waals surface area contributed by atoms with Crippen molar-refractivity contribution in [3.05, 3.63) is 53.7 Å². The summed E-state index contributed by atoms with van der Waals surface area (Å²) in [6.07, 6.45) is 4.80. The van der Waals surface area contributed by atoms with Crippen molar-refractivity contribution in [2.75, 3.05) is 24.7 Å². The number of unbranched alkanes of at least 4 members (excludes halogenated alkanes) is 1. The molecule has 2 unspecified atom stereocenters. The molecular formula is C28H41N3O5. The minimum Gasteiger partial charge on any atom is -0.396 e. The average Bonchev–Trinajstić information content (AvgIpc) is 3.27. The topological polar surface area (TPSA) is 109 Å². The molecule has 1 aromatic heterocycles. The fourth-order valence-corrected chi connectivity index (χ4v) is 4.44. The van der Waals surface area contributed by atoms with Gasteiger partial charge in [-0.25, -0.2) is 0 Å². The SMILES string of the molecule is C=CC(C)C1O[C@H](CCCc2noc(CCCCO)n2)C(=O)N(CC(C)(C)CO)c2ccc(C)cc21. The molecule has 198 valence electrons. The molecule has 3 atom stereocenters. The van der Waals surface area contributed by atoms with E-state index in [0.29, 0.717) is 50.4 Å². The molecule has 1 aliphatic heterocycles. The Balaban J connectivity index is 1.81. The van der Waals surface area contributed by atoms with Crippen molar-refractivity contribution in [1.82, 2.24) is 10.1 Å². The van der Waals surface area contributed by atoms with E-state index in [9.17, 15) is 9.90 Å². The number of carbonyl (C=O) groups is 1. The zero-order chi connectivity index (χ0) is 26.3. The van der Waals surface area contributed by atoms with E-state index in [1.54, 1.807) is 4.90 Å². The maximum absolute atomic E-state index is 13.9. The van der Waals surface area contributed by atoms with Crippen LogP contribution in [0.1, 0.15) is 75.4 Å². The van der Waals surface area contributed by atoms with Crippen LogP contribution >= 0.6 is 0 Å². The van der Waals surface area contributed by atoms with Crippen LogP contribution in [0.2, 0.25) is 0 Å². The number of aliphatic hydroxyl groups is 2. The molecule has 8 heteroatoms. The van der Waals surface area contributed by atoms with Crippen molar-refractivity contribution in [2.24, 2.45) is 11.3 Å². The number of amides is 1. The number of nitrogens with zero attached hydrogens (tertiary/aromatic N) is 3. The predicted molar refractivity (Wildman–Crippen MR) is 139 cm³/mol. The van der Waals surface area contributed by atoms with Crippen LogP contribution in [0.25, 0.3) is 0 Å². The van der Waals surface area contributed by atoms with Gasteiger partial charge < -0.3 is 24.4 Å². The normalized spacial score (nSPS) is 19.2. The summed E-state index contributed by atoms with van der Waals surface area (Å²) in [5, 5.41) is 22.9. The first-order valence-corrected chi connectivity index (χ1v) is 12.9. The molecule has 1 aromatic carbocycles.